The Morgan fingerprint density at radius 3 is 2.60 bits per heavy atom. The molecule has 162 valence electrons. The van der Waals surface area contributed by atoms with Crippen molar-refractivity contribution in [3.8, 4) is 0 Å². The second kappa shape index (κ2) is 10.4. The van der Waals surface area contributed by atoms with E-state index in [4.69, 9.17) is 23.2 Å². The van der Waals surface area contributed by atoms with Gasteiger partial charge in [-0.15, -0.1) is 12.4 Å². The molecule has 1 aliphatic heterocycles. The number of anilines is 1. The summed E-state index contributed by atoms with van der Waals surface area (Å²) in [5, 5.41) is 1.22. The third-order valence-corrected chi connectivity index (χ3v) is 5.49. The second-order valence-electron chi connectivity index (χ2n) is 7.01. The van der Waals surface area contributed by atoms with Crippen molar-refractivity contribution in [2.24, 2.45) is 0 Å². The Balaban J connectivity index is 0.00000320. The molecule has 0 radical (unpaired) electrons. The summed E-state index contributed by atoms with van der Waals surface area (Å²) in [5.74, 6) is -0.610. The largest absolute Gasteiger partial charge is 0.355 e. The van der Waals surface area contributed by atoms with Gasteiger partial charge in [-0.05, 0) is 48.9 Å². The zero-order chi connectivity index (χ0) is 21.1. The van der Waals surface area contributed by atoms with Crippen molar-refractivity contribution in [1.29, 1.82) is 0 Å². The van der Waals surface area contributed by atoms with E-state index in [1.165, 1.54) is 6.92 Å². The first-order valence-corrected chi connectivity index (χ1v) is 10.1. The molecule has 30 heavy (non-hydrogen) atoms. The summed E-state index contributed by atoms with van der Waals surface area (Å²) in [5.41, 5.74) is 6.00. The van der Waals surface area contributed by atoms with Crippen LogP contribution in [0.3, 0.4) is 0 Å². The topological polar surface area (TPSA) is 61.9 Å². The Morgan fingerprint density at radius 2 is 1.93 bits per heavy atom. The summed E-state index contributed by atoms with van der Waals surface area (Å²) in [6.07, 6.45) is 0. The monoisotopic (exact) mass is 471 g/mol. The predicted octanol–water partition coefficient (Wildman–Crippen LogP) is 5.01. The number of nitrogens with one attached hydrogen (secondary N) is 1. The number of hydrogen-bond donors (Lipinski definition) is 1. The third-order valence-electron chi connectivity index (χ3n) is 4.94. The van der Waals surface area contributed by atoms with E-state index in [0.29, 0.717) is 16.6 Å². The predicted molar refractivity (Wildman–Crippen MR) is 122 cm³/mol. The van der Waals surface area contributed by atoms with Crippen LogP contribution in [0.25, 0.3) is 0 Å². The van der Waals surface area contributed by atoms with Gasteiger partial charge in [0.15, 0.2) is 0 Å². The molecule has 1 N–H and O–H groups in total. The SMILES string of the molecule is CCN(C(=O)NOC(C)=O)c1ccccc1C1CN(C)Cc2c(Cl)cc(Cl)cc21.Cl. The van der Waals surface area contributed by atoms with Crippen LogP contribution < -0.4 is 10.4 Å². The second-order valence-corrected chi connectivity index (χ2v) is 7.85. The highest BCUT2D eigenvalue weighted by Crippen LogP contribution is 2.41. The van der Waals surface area contributed by atoms with Crippen LogP contribution >= 0.6 is 35.6 Å². The fourth-order valence-corrected chi connectivity index (χ4v) is 4.30. The minimum atomic E-state index is -0.588. The number of fused-ring (bicyclic) bond motifs is 1. The molecule has 1 heterocycles. The molecule has 0 fully saturated rings. The van der Waals surface area contributed by atoms with Crippen molar-refractivity contribution in [2.75, 3.05) is 25.0 Å². The number of carbonyl (C=O) groups is 2. The molecule has 0 saturated heterocycles. The van der Waals surface area contributed by atoms with Crippen molar-refractivity contribution in [2.45, 2.75) is 26.3 Å². The van der Waals surface area contributed by atoms with Crippen LogP contribution in [0.1, 0.15) is 36.5 Å². The van der Waals surface area contributed by atoms with Gasteiger partial charge < -0.3 is 9.74 Å². The lowest BCUT2D eigenvalue weighted by Gasteiger charge is -2.35. The van der Waals surface area contributed by atoms with Crippen molar-refractivity contribution in [3.05, 3.63) is 63.1 Å². The Kier molecular flexibility index (Phi) is 8.38. The Bertz CT molecular complexity index is 939. The van der Waals surface area contributed by atoms with Crippen LogP contribution in [0.5, 0.6) is 0 Å². The normalized spacial score (nSPS) is 15.6. The van der Waals surface area contributed by atoms with E-state index in [9.17, 15) is 9.59 Å². The zero-order valence-corrected chi connectivity index (χ0v) is 19.3. The number of nitrogens with zero attached hydrogens (tertiary/aromatic N) is 2. The van der Waals surface area contributed by atoms with E-state index in [1.54, 1.807) is 11.0 Å². The maximum atomic E-state index is 12.6. The van der Waals surface area contributed by atoms with Gasteiger partial charge in [0.1, 0.15) is 0 Å². The van der Waals surface area contributed by atoms with Gasteiger partial charge in [0, 0.05) is 48.2 Å². The van der Waals surface area contributed by atoms with E-state index in [1.807, 2.05) is 44.3 Å². The molecule has 1 unspecified atom stereocenters. The molecule has 0 bridgehead atoms. The molecule has 0 aliphatic carbocycles. The van der Waals surface area contributed by atoms with E-state index >= 15 is 0 Å². The van der Waals surface area contributed by atoms with Crippen LogP contribution in [0.4, 0.5) is 10.5 Å². The highest BCUT2D eigenvalue weighted by molar-refractivity contribution is 6.35. The number of carbonyl (C=O) groups excluding carboxylic acids is 2. The van der Waals surface area contributed by atoms with E-state index in [0.717, 1.165) is 35.5 Å². The fraction of sp³-hybridized carbons (Fsp3) is 0.333. The number of hydrogen-bond acceptors (Lipinski definition) is 4. The minimum absolute atomic E-state index is 0. The number of rotatable bonds is 3. The molecule has 2 aromatic carbocycles. The highest BCUT2D eigenvalue weighted by atomic mass is 35.5. The number of urea groups is 1. The summed E-state index contributed by atoms with van der Waals surface area (Å²) >= 11 is 12.8. The van der Waals surface area contributed by atoms with Crippen LogP contribution in [0.15, 0.2) is 36.4 Å². The van der Waals surface area contributed by atoms with Crippen molar-refractivity contribution < 1.29 is 14.4 Å². The van der Waals surface area contributed by atoms with Gasteiger partial charge in [-0.2, -0.15) is 5.48 Å². The first-order chi connectivity index (χ1) is 13.8. The number of likely N-dealkylation sites (N-methyl/N-ethyl adjacent to an activating group) is 1. The average molecular weight is 473 g/mol. The van der Waals surface area contributed by atoms with Gasteiger partial charge in [0.2, 0.25) is 0 Å². The Hall–Kier alpha value is -1.99. The van der Waals surface area contributed by atoms with Gasteiger partial charge in [-0.25, -0.2) is 4.79 Å². The van der Waals surface area contributed by atoms with Crippen LogP contribution in [-0.4, -0.2) is 37.0 Å². The standard InChI is InChI=1S/C21H23Cl2N3O3.ClH/c1-4-26(21(28)24-29-13(2)27)20-8-6-5-7-15(20)17-11-25(3)12-18-16(17)9-14(22)10-19(18)23;/h5-10,17H,4,11-12H2,1-3H3,(H,24,28);1H. The number of hydroxylamine groups is 1. The number of para-hydroxylation sites is 1. The average Bonchev–Trinajstić information content (AvgIpc) is 2.67. The fourth-order valence-electron chi connectivity index (χ4n) is 3.73. The molecular formula is C21H24Cl3N3O3. The van der Waals surface area contributed by atoms with Gasteiger partial charge in [0.25, 0.3) is 0 Å². The minimum Gasteiger partial charge on any atom is -0.340 e. The number of amides is 2. The van der Waals surface area contributed by atoms with E-state index < -0.39 is 12.0 Å². The lowest BCUT2D eigenvalue weighted by Crippen LogP contribution is -2.41. The number of benzene rings is 2. The van der Waals surface area contributed by atoms with Crippen LogP contribution in [-0.2, 0) is 16.2 Å². The summed E-state index contributed by atoms with van der Waals surface area (Å²) in [7, 11) is 2.04. The van der Waals surface area contributed by atoms with Crippen molar-refractivity contribution >= 4 is 53.3 Å². The van der Waals surface area contributed by atoms with Gasteiger partial charge >= 0.3 is 12.0 Å². The molecule has 6 nitrogen and oxygen atoms in total. The molecule has 0 spiro atoms. The summed E-state index contributed by atoms with van der Waals surface area (Å²) in [6.45, 7) is 4.97. The van der Waals surface area contributed by atoms with Crippen molar-refractivity contribution in [1.82, 2.24) is 10.4 Å². The maximum Gasteiger partial charge on any atom is 0.355 e. The third kappa shape index (κ3) is 5.19. The lowest BCUT2D eigenvalue weighted by atomic mass is 9.83. The van der Waals surface area contributed by atoms with E-state index in [-0.39, 0.29) is 18.3 Å². The first kappa shape index (κ1) is 24.3. The summed E-state index contributed by atoms with van der Waals surface area (Å²) < 4.78 is 0. The molecule has 0 saturated carbocycles. The molecule has 3 rings (SSSR count). The van der Waals surface area contributed by atoms with Gasteiger partial charge in [0.05, 0.1) is 0 Å². The van der Waals surface area contributed by atoms with Gasteiger partial charge in [-0.3, -0.25) is 9.69 Å². The summed E-state index contributed by atoms with van der Waals surface area (Å²) in [6, 6.07) is 10.9. The zero-order valence-electron chi connectivity index (χ0n) is 16.9. The molecule has 9 heteroatoms. The van der Waals surface area contributed by atoms with Crippen molar-refractivity contribution in [3.63, 3.8) is 0 Å². The van der Waals surface area contributed by atoms with Crippen LogP contribution in [0, 0.1) is 0 Å². The highest BCUT2D eigenvalue weighted by Gasteiger charge is 2.30. The smallest absolute Gasteiger partial charge is 0.340 e. The number of halogens is 3. The van der Waals surface area contributed by atoms with E-state index in [2.05, 4.69) is 15.2 Å². The molecule has 0 aromatic heterocycles. The Labute approximate surface area is 192 Å². The maximum absolute atomic E-state index is 12.6. The first-order valence-electron chi connectivity index (χ1n) is 9.32. The van der Waals surface area contributed by atoms with Gasteiger partial charge in [-0.1, -0.05) is 41.4 Å². The molecule has 1 aliphatic rings. The summed E-state index contributed by atoms with van der Waals surface area (Å²) in [4.78, 5) is 32.1. The Morgan fingerprint density at radius 1 is 1.23 bits per heavy atom. The molecule has 2 aromatic rings. The quantitative estimate of drug-likeness (QED) is 0.638. The molecular weight excluding hydrogens is 449 g/mol. The van der Waals surface area contributed by atoms with Crippen LogP contribution in [0.2, 0.25) is 10.0 Å². The lowest BCUT2D eigenvalue weighted by molar-refractivity contribution is -0.145. The molecule has 1 atom stereocenters. The molecule has 2 amide bonds.